The Morgan fingerprint density at radius 1 is 1.15 bits per heavy atom. The number of carbonyl (C=O) groups is 1. The average Bonchev–Trinajstić information content (AvgIpc) is 3.44. The maximum atomic E-state index is 14.3. The fraction of sp³-hybridized carbons (Fsp3) is 0.552. The molecule has 1 saturated heterocycles. The van der Waals surface area contributed by atoms with Crippen LogP contribution in [-0.4, -0.2) is 63.8 Å². The Balaban J connectivity index is 1.28. The number of piperidine rings is 1. The third-order valence-electron chi connectivity index (χ3n) is 9.28. The first-order valence-corrected chi connectivity index (χ1v) is 13.8. The number of halogens is 5. The topological polar surface area (TPSA) is 54.3 Å². The van der Waals surface area contributed by atoms with Crippen molar-refractivity contribution in [3.63, 3.8) is 0 Å². The molecule has 1 aromatic carbocycles. The van der Waals surface area contributed by atoms with Crippen LogP contribution >= 0.6 is 0 Å². The van der Waals surface area contributed by atoms with Gasteiger partial charge >= 0.3 is 6.18 Å². The van der Waals surface area contributed by atoms with Crippen molar-refractivity contribution < 1.29 is 26.7 Å². The van der Waals surface area contributed by atoms with Crippen LogP contribution in [0.25, 0.3) is 0 Å². The van der Waals surface area contributed by atoms with Gasteiger partial charge in [-0.25, -0.2) is 8.78 Å². The van der Waals surface area contributed by atoms with Gasteiger partial charge in [-0.1, -0.05) is 31.1 Å². The molecule has 1 unspecified atom stereocenters. The number of aromatic nitrogens is 3. The van der Waals surface area contributed by atoms with Crippen LogP contribution in [0.15, 0.2) is 53.4 Å². The minimum absolute atomic E-state index is 0.0797. The SMILES string of the molecule is C[C@@H]1CN(CC2=CC3=C(CN(c4cccc(C5(c6nncn6C)CCC5)c4)C3=O)C(C(F)(F)F)C2)CCC1(F)F. The molecule has 2 aliphatic heterocycles. The summed E-state index contributed by atoms with van der Waals surface area (Å²) in [6.07, 6.45) is 0.874. The molecule has 4 aliphatic rings. The van der Waals surface area contributed by atoms with Crippen molar-refractivity contribution in [3.05, 3.63) is 64.8 Å². The highest BCUT2D eigenvalue weighted by Gasteiger charge is 2.50. The Hall–Kier alpha value is -3.08. The molecule has 2 aliphatic carbocycles. The van der Waals surface area contributed by atoms with Crippen molar-refractivity contribution in [3.8, 4) is 0 Å². The van der Waals surface area contributed by atoms with Crippen LogP contribution in [-0.2, 0) is 17.3 Å². The molecule has 214 valence electrons. The monoisotopic (exact) mass is 561 g/mol. The van der Waals surface area contributed by atoms with E-state index in [0.717, 1.165) is 30.7 Å². The Labute approximate surface area is 229 Å². The van der Waals surface area contributed by atoms with Gasteiger partial charge in [-0.2, -0.15) is 13.2 Å². The molecule has 2 aromatic rings. The van der Waals surface area contributed by atoms with Crippen LogP contribution in [0.5, 0.6) is 0 Å². The fourth-order valence-electron chi connectivity index (χ4n) is 6.80. The van der Waals surface area contributed by atoms with E-state index in [0.29, 0.717) is 11.3 Å². The highest BCUT2D eigenvalue weighted by Crippen LogP contribution is 2.50. The third kappa shape index (κ3) is 4.46. The van der Waals surface area contributed by atoms with E-state index in [-0.39, 0.29) is 55.6 Å². The van der Waals surface area contributed by atoms with Crippen molar-refractivity contribution in [2.45, 2.75) is 56.5 Å². The second-order valence-corrected chi connectivity index (χ2v) is 11.8. The molecule has 3 heterocycles. The van der Waals surface area contributed by atoms with E-state index in [9.17, 15) is 26.7 Å². The van der Waals surface area contributed by atoms with Crippen LogP contribution in [0.4, 0.5) is 27.6 Å². The molecule has 1 amide bonds. The molecule has 40 heavy (non-hydrogen) atoms. The van der Waals surface area contributed by atoms with Crippen molar-refractivity contribution >= 4 is 11.6 Å². The van der Waals surface area contributed by atoms with Gasteiger partial charge in [0.15, 0.2) is 0 Å². The Kier molecular flexibility index (Phi) is 6.43. The highest BCUT2D eigenvalue weighted by atomic mass is 19.4. The largest absolute Gasteiger partial charge is 0.395 e. The van der Waals surface area contributed by atoms with Gasteiger partial charge in [-0.15, -0.1) is 10.2 Å². The van der Waals surface area contributed by atoms with E-state index in [2.05, 4.69) is 10.2 Å². The molecule has 2 atom stereocenters. The van der Waals surface area contributed by atoms with Gasteiger partial charge in [0.25, 0.3) is 11.8 Å². The predicted molar refractivity (Wildman–Crippen MR) is 139 cm³/mol. The van der Waals surface area contributed by atoms with Gasteiger partial charge in [-0.3, -0.25) is 9.69 Å². The van der Waals surface area contributed by atoms with E-state index >= 15 is 0 Å². The molecular formula is C29H32F5N5O. The molecule has 0 N–H and O–H groups in total. The van der Waals surface area contributed by atoms with Gasteiger partial charge in [0.05, 0.1) is 11.3 Å². The van der Waals surface area contributed by atoms with Gasteiger partial charge < -0.3 is 9.47 Å². The summed E-state index contributed by atoms with van der Waals surface area (Å²) in [5.74, 6) is -5.06. The Morgan fingerprint density at radius 3 is 2.55 bits per heavy atom. The van der Waals surface area contributed by atoms with E-state index in [1.54, 1.807) is 23.4 Å². The van der Waals surface area contributed by atoms with Gasteiger partial charge in [0.1, 0.15) is 12.2 Å². The maximum absolute atomic E-state index is 14.3. The summed E-state index contributed by atoms with van der Waals surface area (Å²) in [4.78, 5) is 16.8. The quantitative estimate of drug-likeness (QED) is 0.458. The lowest BCUT2D eigenvalue weighted by molar-refractivity contribution is -0.164. The number of nitrogens with zero attached hydrogens (tertiary/aromatic N) is 5. The fourth-order valence-corrected chi connectivity index (χ4v) is 6.80. The second-order valence-electron chi connectivity index (χ2n) is 11.8. The van der Waals surface area contributed by atoms with Crippen LogP contribution < -0.4 is 4.90 Å². The number of carbonyl (C=O) groups excluding carboxylic acids is 1. The van der Waals surface area contributed by atoms with Crippen molar-refractivity contribution in [2.75, 3.05) is 31.1 Å². The van der Waals surface area contributed by atoms with Crippen LogP contribution in [0.2, 0.25) is 0 Å². The zero-order valence-electron chi connectivity index (χ0n) is 22.5. The summed E-state index contributed by atoms with van der Waals surface area (Å²) in [5, 5.41) is 8.37. The number of rotatable bonds is 5. The van der Waals surface area contributed by atoms with E-state index in [4.69, 9.17) is 0 Å². The average molecular weight is 562 g/mol. The number of aryl methyl sites for hydroxylation is 1. The standard InChI is InChI=1S/C29H32F5N5O/c1-18-14-38(10-9-28(18,30)31)15-19-11-22-23(24(12-19)29(32,33)34)16-39(25(22)40)21-6-3-5-20(13-21)27(7-4-8-27)26-36-35-17-37(26)2/h3,5-6,11,13,17-18,24H,4,7-10,12,14-16H2,1-2H3/t18-,24?/m1/s1. The zero-order valence-corrected chi connectivity index (χ0v) is 22.5. The maximum Gasteiger partial charge on any atom is 0.395 e. The summed E-state index contributed by atoms with van der Waals surface area (Å²) < 4.78 is 72.7. The molecule has 0 bridgehead atoms. The number of benzene rings is 1. The Bertz CT molecular complexity index is 1390. The number of anilines is 1. The first-order valence-electron chi connectivity index (χ1n) is 13.8. The Morgan fingerprint density at radius 2 is 1.93 bits per heavy atom. The summed E-state index contributed by atoms with van der Waals surface area (Å²) in [7, 11) is 1.89. The van der Waals surface area contributed by atoms with Crippen LogP contribution in [0, 0.1) is 11.8 Å². The van der Waals surface area contributed by atoms with Crippen LogP contribution in [0.1, 0.15) is 50.4 Å². The van der Waals surface area contributed by atoms with Crippen molar-refractivity contribution in [1.29, 1.82) is 0 Å². The third-order valence-corrected chi connectivity index (χ3v) is 9.28. The van der Waals surface area contributed by atoms with Gasteiger partial charge in [0, 0.05) is 56.8 Å². The number of alkyl halides is 5. The number of hydrogen-bond acceptors (Lipinski definition) is 4. The van der Waals surface area contributed by atoms with Crippen LogP contribution in [0.3, 0.4) is 0 Å². The van der Waals surface area contributed by atoms with Gasteiger partial charge in [-0.05, 0) is 48.6 Å². The molecule has 6 rings (SSSR count). The smallest absolute Gasteiger partial charge is 0.320 e. The summed E-state index contributed by atoms with van der Waals surface area (Å²) >= 11 is 0. The molecule has 0 radical (unpaired) electrons. The first-order chi connectivity index (χ1) is 18.9. The molecule has 0 spiro atoms. The number of likely N-dealkylation sites (tertiary alicyclic amines) is 1. The van der Waals surface area contributed by atoms with E-state index < -0.39 is 29.8 Å². The first kappa shape index (κ1) is 27.1. The van der Waals surface area contributed by atoms with E-state index in [1.165, 1.54) is 11.8 Å². The predicted octanol–water partition coefficient (Wildman–Crippen LogP) is 5.41. The number of amides is 1. The lowest BCUT2D eigenvalue weighted by atomic mass is 9.63. The molecular weight excluding hydrogens is 529 g/mol. The van der Waals surface area contributed by atoms with Gasteiger partial charge in [0.2, 0.25) is 0 Å². The molecule has 1 aromatic heterocycles. The minimum Gasteiger partial charge on any atom is -0.320 e. The second kappa shape index (κ2) is 9.49. The molecule has 2 fully saturated rings. The lowest BCUT2D eigenvalue weighted by Gasteiger charge is -2.41. The molecule has 6 nitrogen and oxygen atoms in total. The van der Waals surface area contributed by atoms with Crippen molar-refractivity contribution in [2.24, 2.45) is 18.9 Å². The van der Waals surface area contributed by atoms with E-state index in [1.807, 2.05) is 29.8 Å². The molecule has 1 saturated carbocycles. The lowest BCUT2D eigenvalue weighted by Crippen LogP contribution is -2.46. The minimum atomic E-state index is -4.53. The zero-order chi connectivity index (χ0) is 28.4. The highest BCUT2D eigenvalue weighted by molar-refractivity contribution is 6.11. The number of hydrogen-bond donors (Lipinski definition) is 0. The summed E-state index contributed by atoms with van der Waals surface area (Å²) in [6.45, 7) is 1.69. The normalized spacial score (nSPS) is 26.5. The summed E-state index contributed by atoms with van der Waals surface area (Å²) in [6, 6.07) is 7.46. The van der Waals surface area contributed by atoms with Crippen molar-refractivity contribution in [1.82, 2.24) is 19.7 Å². The summed E-state index contributed by atoms with van der Waals surface area (Å²) in [5.41, 5.74) is 1.78. The molecule has 11 heteroatoms.